The van der Waals surface area contributed by atoms with Gasteiger partial charge in [0.15, 0.2) is 10.9 Å². The SMILES string of the molecule is Cc1ccc(C)c(NC(=S)Nc2cc(C)on2)c1. The molecular weight excluding hydrogens is 246 g/mol. The van der Waals surface area contributed by atoms with Gasteiger partial charge in [-0.3, -0.25) is 0 Å². The van der Waals surface area contributed by atoms with E-state index < -0.39 is 0 Å². The highest BCUT2D eigenvalue weighted by atomic mass is 32.1. The molecule has 0 aliphatic heterocycles. The molecule has 1 aromatic carbocycles. The monoisotopic (exact) mass is 261 g/mol. The van der Waals surface area contributed by atoms with Gasteiger partial charge in [-0.05, 0) is 50.2 Å². The molecule has 0 aliphatic carbocycles. The number of benzene rings is 1. The summed E-state index contributed by atoms with van der Waals surface area (Å²) >= 11 is 5.23. The molecule has 0 bridgehead atoms. The van der Waals surface area contributed by atoms with E-state index in [1.165, 1.54) is 5.56 Å². The van der Waals surface area contributed by atoms with Crippen LogP contribution in [0.3, 0.4) is 0 Å². The molecule has 0 spiro atoms. The predicted molar refractivity (Wildman–Crippen MR) is 77.0 cm³/mol. The van der Waals surface area contributed by atoms with Crippen molar-refractivity contribution < 1.29 is 4.52 Å². The Hall–Kier alpha value is -1.88. The van der Waals surface area contributed by atoms with Crippen LogP contribution in [0.4, 0.5) is 11.5 Å². The van der Waals surface area contributed by atoms with E-state index in [1.54, 1.807) is 6.07 Å². The summed E-state index contributed by atoms with van der Waals surface area (Å²) in [4.78, 5) is 0. The van der Waals surface area contributed by atoms with Crippen molar-refractivity contribution in [3.05, 3.63) is 41.2 Å². The third-order valence-corrected chi connectivity index (χ3v) is 2.71. The second kappa shape index (κ2) is 5.18. The van der Waals surface area contributed by atoms with E-state index in [-0.39, 0.29) is 0 Å². The van der Waals surface area contributed by atoms with E-state index in [0.29, 0.717) is 10.9 Å². The molecule has 0 atom stereocenters. The number of thiocarbonyl (C=S) groups is 1. The van der Waals surface area contributed by atoms with Gasteiger partial charge in [0.05, 0.1) is 0 Å². The minimum Gasteiger partial charge on any atom is -0.360 e. The summed E-state index contributed by atoms with van der Waals surface area (Å²) < 4.78 is 4.96. The van der Waals surface area contributed by atoms with Crippen molar-refractivity contribution in [1.29, 1.82) is 0 Å². The fourth-order valence-corrected chi connectivity index (χ4v) is 1.78. The molecule has 5 heteroatoms. The topological polar surface area (TPSA) is 50.1 Å². The van der Waals surface area contributed by atoms with E-state index in [4.69, 9.17) is 16.7 Å². The second-order valence-electron chi connectivity index (χ2n) is 4.22. The largest absolute Gasteiger partial charge is 0.360 e. The number of aryl methyl sites for hydroxylation is 3. The Kier molecular flexibility index (Phi) is 3.62. The molecule has 2 rings (SSSR count). The van der Waals surface area contributed by atoms with Crippen LogP contribution in [0.15, 0.2) is 28.8 Å². The van der Waals surface area contributed by atoms with Crippen molar-refractivity contribution in [3.63, 3.8) is 0 Å². The first kappa shape index (κ1) is 12.6. The van der Waals surface area contributed by atoms with Crippen molar-refractivity contribution in [2.24, 2.45) is 0 Å². The lowest BCUT2D eigenvalue weighted by Gasteiger charge is -2.11. The summed E-state index contributed by atoms with van der Waals surface area (Å²) in [6.07, 6.45) is 0. The zero-order chi connectivity index (χ0) is 13.1. The Morgan fingerprint density at radius 2 is 1.94 bits per heavy atom. The van der Waals surface area contributed by atoms with Crippen molar-refractivity contribution in [3.8, 4) is 0 Å². The standard InChI is InChI=1S/C13H15N3OS/c1-8-4-5-9(2)11(6-8)14-13(18)15-12-7-10(3)17-16-12/h4-7H,1-3H3,(H2,14,15,16,18). The molecule has 0 aliphatic rings. The van der Waals surface area contributed by atoms with Gasteiger partial charge in [-0.15, -0.1) is 0 Å². The minimum atomic E-state index is 0.497. The minimum absolute atomic E-state index is 0.497. The predicted octanol–water partition coefficient (Wildman–Crippen LogP) is 3.41. The van der Waals surface area contributed by atoms with Gasteiger partial charge in [-0.2, -0.15) is 0 Å². The van der Waals surface area contributed by atoms with E-state index in [0.717, 1.165) is 17.0 Å². The number of hydrogen-bond acceptors (Lipinski definition) is 3. The maximum absolute atomic E-state index is 5.23. The van der Waals surface area contributed by atoms with Crippen LogP contribution in [-0.2, 0) is 0 Å². The van der Waals surface area contributed by atoms with Gasteiger partial charge < -0.3 is 15.2 Å². The van der Waals surface area contributed by atoms with Crippen LogP contribution in [-0.4, -0.2) is 10.3 Å². The highest BCUT2D eigenvalue weighted by molar-refractivity contribution is 7.80. The first-order valence-electron chi connectivity index (χ1n) is 5.63. The molecule has 2 N–H and O–H groups in total. The average Bonchev–Trinajstić information content (AvgIpc) is 2.69. The Morgan fingerprint density at radius 3 is 2.61 bits per heavy atom. The molecule has 0 unspecified atom stereocenters. The molecule has 0 saturated heterocycles. The van der Waals surface area contributed by atoms with Crippen molar-refractivity contribution in [2.45, 2.75) is 20.8 Å². The van der Waals surface area contributed by atoms with E-state index in [9.17, 15) is 0 Å². The quantitative estimate of drug-likeness (QED) is 0.811. The van der Waals surface area contributed by atoms with Gasteiger partial charge in [-0.1, -0.05) is 17.3 Å². The molecule has 0 fully saturated rings. The van der Waals surface area contributed by atoms with E-state index in [1.807, 2.05) is 20.8 Å². The van der Waals surface area contributed by atoms with Crippen molar-refractivity contribution in [2.75, 3.05) is 10.6 Å². The summed E-state index contributed by atoms with van der Waals surface area (Å²) in [6, 6.07) is 7.97. The van der Waals surface area contributed by atoms with Crippen LogP contribution in [0.5, 0.6) is 0 Å². The molecule has 0 saturated carbocycles. The number of rotatable bonds is 2. The highest BCUT2D eigenvalue weighted by Crippen LogP contribution is 2.17. The van der Waals surface area contributed by atoms with Gasteiger partial charge in [0.1, 0.15) is 5.76 Å². The second-order valence-corrected chi connectivity index (χ2v) is 4.63. The zero-order valence-corrected chi connectivity index (χ0v) is 11.4. The number of hydrogen-bond donors (Lipinski definition) is 2. The lowest BCUT2D eigenvalue weighted by molar-refractivity contribution is 0.400. The third-order valence-electron chi connectivity index (χ3n) is 2.51. The van der Waals surface area contributed by atoms with Crippen LogP contribution in [0.2, 0.25) is 0 Å². The Labute approximate surface area is 111 Å². The first-order chi connectivity index (χ1) is 8.54. The normalized spacial score (nSPS) is 10.2. The Morgan fingerprint density at radius 1 is 1.17 bits per heavy atom. The van der Waals surface area contributed by atoms with Crippen molar-refractivity contribution >= 4 is 28.8 Å². The van der Waals surface area contributed by atoms with Crippen molar-refractivity contribution in [1.82, 2.24) is 5.16 Å². The molecule has 94 valence electrons. The fourth-order valence-electron chi connectivity index (χ4n) is 1.57. The Balaban J connectivity index is 2.05. The van der Waals surface area contributed by atoms with Gasteiger partial charge in [0.25, 0.3) is 0 Å². The fraction of sp³-hybridized carbons (Fsp3) is 0.231. The van der Waals surface area contributed by atoms with Gasteiger partial charge in [-0.25, -0.2) is 0 Å². The number of nitrogens with one attached hydrogen (secondary N) is 2. The lowest BCUT2D eigenvalue weighted by Crippen LogP contribution is -2.19. The lowest BCUT2D eigenvalue weighted by atomic mass is 10.1. The average molecular weight is 261 g/mol. The summed E-state index contributed by atoms with van der Waals surface area (Å²) in [6.45, 7) is 5.91. The number of aromatic nitrogens is 1. The Bertz CT molecular complexity index is 577. The van der Waals surface area contributed by atoms with Crippen LogP contribution in [0.25, 0.3) is 0 Å². The molecule has 1 heterocycles. The van der Waals surface area contributed by atoms with Crippen LogP contribution in [0.1, 0.15) is 16.9 Å². The van der Waals surface area contributed by atoms with Gasteiger partial charge >= 0.3 is 0 Å². The highest BCUT2D eigenvalue weighted by Gasteiger charge is 2.04. The van der Waals surface area contributed by atoms with Crippen LogP contribution in [0, 0.1) is 20.8 Å². The molecule has 0 amide bonds. The maximum Gasteiger partial charge on any atom is 0.176 e. The van der Waals surface area contributed by atoms with Gasteiger partial charge in [0, 0.05) is 11.8 Å². The molecule has 18 heavy (non-hydrogen) atoms. The first-order valence-corrected chi connectivity index (χ1v) is 6.04. The van der Waals surface area contributed by atoms with Gasteiger partial charge in [0.2, 0.25) is 0 Å². The zero-order valence-electron chi connectivity index (χ0n) is 10.6. The molecule has 2 aromatic rings. The van der Waals surface area contributed by atoms with E-state index >= 15 is 0 Å². The summed E-state index contributed by atoms with van der Waals surface area (Å²) in [5, 5.41) is 10.4. The van der Waals surface area contributed by atoms with Crippen LogP contribution >= 0.6 is 12.2 Å². The summed E-state index contributed by atoms with van der Waals surface area (Å²) in [7, 11) is 0. The van der Waals surface area contributed by atoms with E-state index in [2.05, 4.69) is 34.0 Å². The van der Waals surface area contributed by atoms with Crippen LogP contribution < -0.4 is 10.6 Å². The maximum atomic E-state index is 5.23. The third kappa shape index (κ3) is 3.07. The number of nitrogens with zero attached hydrogens (tertiary/aromatic N) is 1. The number of anilines is 2. The smallest absolute Gasteiger partial charge is 0.176 e. The molecular formula is C13H15N3OS. The molecule has 1 aromatic heterocycles. The summed E-state index contributed by atoms with van der Waals surface area (Å²) in [5.74, 6) is 1.35. The summed E-state index contributed by atoms with van der Waals surface area (Å²) in [5.41, 5.74) is 3.32. The molecule has 0 radical (unpaired) electrons. The molecule has 4 nitrogen and oxygen atoms in total.